The van der Waals surface area contributed by atoms with Crippen molar-refractivity contribution in [2.24, 2.45) is 0 Å². The fourth-order valence-electron chi connectivity index (χ4n) is 3.31. The zero-order valence-electron chi connectivity index (χ0n) is 20.1. The zero-order valence-corrected chi connectivity index (χ0v) is 21.7. The number of carbonyl (C=O) groups is 2. The van der Waals surface area contributed by atoms with Crippen LogP contribution in [0.2, 0.25) is 0 Å². The van der Waals surface area contributed by atoms with E-state index in [0.717, 1.165) is 4.47 Å². The lowest BCUT2D eigenvalue weighted by Crippen LogP contribution is -2.27. The maximum atomic E-state index is 12.8. The normalized spacial score (nSPS) is 12.5. The van der Waals surface area contributed by atoms with Crippen LogP contribution in [0, 0.1) is 0 Å². The molecule has 2 amide bonds. The summed E-state index contributed by atoms with van der Waals surface area (Å²) in [5, 5.41) is 14.4. The van der Waals surface area contributed by atoms with Crippen LogP contribution in [0.4, 0.5) is 21.9 Å². The molecular formula is C27H28BrN3O6. The Labute approximate surface area is 223 Å². The van der Waals surface area contributed by atoms with Crippen molar-refractivity contribution < 1.29 is 28.9 Å². The smallest absolute Gasteiger partial charge is 0.412 e. The fourth-order valence-corrected chi connectivity index (χ4v) is 3.57. The van der Waals surface area contributed by atoms with E-state index in [1.807, 2.05) is 0 Å². The van der Waals surface area contributed by atoms with Gasteiger partial charge in [0.2, 0.25) is 5.91 Å². The number of methoxy groups -OCH3 is 1. The van der Waals surface area contributed by atoms with Crippen molar-refractivity contribution in [1.82, 2.24) is 0 Å². The Hall–Kier alpha value is -3.86. The predicted octanol–water partition coefficient (Wildman–Crippen LogP) is 4.90. The van der Waals surface area contributed by atoms with Gasteiger partial charge in [-0.3, -0.25) is 10.1 Å². The number of hydrogen-bond donors (Lipinski definition) is 4. The standard InChI is InChI=1S/C27H28BrN3O6/c1-35-24(14-15-25(33)31-23-5-3-2-4-22(23)29)26(18-6-12-21(13-7-18)36-17-16-32)37-27(34)30-20-10-8-19(28)9-11-20/h2-15,24,26,32H,16-17,29H2,1H3,(H,30,34)(H,31,33)/b15-14+/t24-,26-/m0/s1. The topological polar surface area (TPSA) is 132 Å². The van der Waals surface area contributed by atoms with Gasteiger partial charge in [0.1, 0.15) is 18.5 Å². The lowest BCUT2D eigenvalue weighted by atomic mass is 10.0. The molecule has 5 N–H and O–H groups in total. The third-order valence-corrected chi connectivity index (χ3v) is 5.65. The van der Waals surface area contributed by atoms with Crippen LogP contribution < -0.4 is 21.1 Å². The summed E-state index contributed by atoms with van der Waals surface area (Å²) in [6.07, 6.45) is 0.381. The maximum Gasteiger partial charge on any atom is 0.412 e. The molecular weight excluding hydrogens is 542 g/mol. The SMILES string of the molecule is CO[C@@H](/C=C/C(=O)Nc1ccccc1N)[C@@H](OC(=O)Nc1ccc(Br)cc1)c1ccc(OCCO)cc1. The first-order valence-corrected chi connectivity index (χ1v) is 12.1. The maximum absolute atomic E-state index is 12.8. The molecule has 0 heterocycles. The highest BCUT2D eigenvalue weighted by molar-refractivity contribution is 9.10. The minimum Gasteiger partial charge on any atom is -0.491 e. The molecule has 0 saturated carbocycles. The fraction of sp³-hybridized carbons (Fsp3) is 0.185. The Morgan fingerprint density at radius 1 is 1.03 bits per heavy atom. The number of anilines is 3. The van der Waals surface area contributed by atoms with Crippen molar-refractivity contribution in [3.63, 3.8) is 0 Å². The molecule has 10 heteroatoms. The van der Waals surface area contributed by atoms with Crippen molar-refractivity contribution in [2.45, 2.75) is 12.2 Å². The highest BCUT2D eigenvalue weighted by atomic mass is 79.9. The number of para-hydroxylation sites is 2. The molecule has 3 aromatic carbocycles. The summed E-state index contributed by atoms with van der Waals surface area (Å²) in [6.45, 7) is 0.0380. The van der Waals surface area contributed by atoms with Crippen LogP contribution in [-0.4, -0.2) is 43.5 Å². The van der Waals surface area contributed by atoms with Crippen LogP contribution >= 0.6 is 15.9 Å². The first kappa shape index (κ1) is 27.7. The Morgan fingerprint density at radius 2 is 1.73 bits per heavy atom. The molecule has 3 rings (SSSR count). The lowest BCUT2D eigenvalue weighted by molar-refractivity contribution is -0.112. The summed E-state index contributed by atoms with van der Waals surface area (Å²) in [5.41, 5.74) is 7.95. The van der Waals surface area contributed by atoms with E-state index >= 15 is 0 Å². The quantitative estimate of drug-likeness (QED) is 0.190. The number of nitrogen functional groups attached to an aromatic ring is 1. The van der Waals surface area contributed by atoms with E-state index in [0.29, 0.717) is 28.4 Å². The largest absolute Gasteiger partial charge is 0.491 e. The van der Waals surface area contributed by atoms with Crippen molar-refractivity contribution in [2.75, 3.05) is 36.7 Å². The summed E-state index contributed by atoms with van der Waals surface area (Å²) in [6, 6.07) is 20.7. The van der Waals surface area contributed by atoms with Gasteiger partial charge in [0, 0.05) is 23.3 Å². The molecule has 0 aliphatic heterocycles. The summed E-state index contributed by atoms with van der Waals surface area (Å²) in [5.74, 6) is 0.117. The van der Waals surface area contributed by atoms with Crippen molar-refractivity contribution >= 4 is 45.0 Å². The summed E-state index contributed by atoms with van der Waals surface area (Å²) in [7, 11) is 1.45. The van der Waals surface area contributed by atoms with E-state index in [1.165, 1.54) is 19.3 Å². The van der Waals surface area contributed by atoms with Gasteiger partial charge in [-0.25, -0.2) is 4.79 Å². The third-order valence-electron chi connectivity index (χ3n) is 5.12. The average Bonchev–Trinajstić information content (AvgIpc) is 2.90. The summed E-state index contributed by atoms with van der Waals surface area (Å²) >= 11 is 3.35. The van der Waals surface area contributed by atoms with Crippen molar-refractivity contribution in [1.29, 1.82) is 0 Å². The minimum atomic E-state index is -0.904. The number of ether oxygens (including phenoxy) is 3. The molecule has 0 aliphatic carbocycles. The molecule has 0 aromatic heterocycles. The number of nitrogens with two attached hydrogens (primary N) is 1. The van der Waals surface area contributed by atoms with E-state index in [1.54, 1.807) is 72.8 Å². The Kier molecular flexibility index (Phi) is 10.5. The molecule has 0 spiro atoms. The van der Waals surface area contributed by atoms with Gasteiger partial charge in [-0.15, -0.1) is 0 Å². The summed E-state index contributed by atoms with van der Waals surface area (Å²) in [4.78, 5) is 25.3. The van der Waals surface area contributed by atoms with Gasteiger partial charge < -0.3 is 30.4 Å². The number of nitrogens with one attached hydrogen (secondary N) is 2. The van der Waals surface area contributed by atoms with E-state index in [2.05, 4.69) is 26.6 Å². The van der Waals surface area contributed by atoms with E-state index in [-0.39, 0.29) is 13.2 Å². The van der Waals surface area contributed by atoms with Gasteiger partial charge in [0.25, 0.3) is 0 Å². The van der Waals surface area contributed by atoms with Crippen LogP contribution in [0.3, 0.4) is 0 Å². The number of aliphatic hydroxyl groups excluding tert-OH is 1. The number of carbonyl (C=O) groups excluding carboxylic acids is 2. The zero-order chi connectivity index (χ0) is 26.6. The number of hydrogen-bond acceptors (Lipinski definition) is 7. The molecule has 2 atom stereocenters. The van der Waals surface area contributed by atoms with Gasteiger partial charge in [0.15, 0.2) is 6.10 Å². The molecule has 9 nitrogen and oxygen atoms in total. The minimum absolute atomic E-state index is 0.114. The Balaban J connectivity index is 1.79. The molecule has 37 heavy (non-hydrogen) atoms. The van der Waals surface area contributed by atoms with Gasteiger partial charge >= 0.3 is 6.09 Å². The number of benzene rings is 3. The summed E-state index contributed by atoms with van der Waals surface area (Å²) < 4.78 is 17.6. The number of amides is 2. The highest BCUT2D eigenvalue weighted by Gasteiger charge is 2.26. The van der Waals surface area contributed by atoms with E-state index < -0.39 is 24.2 Å². The Bertz CT molecular complexity index is 1200. The highest BCUT2D eigenvalue weighted by Crippen LogP contribution is 2.27. The molecule has 3 aromatic rings. The first-order chi connectivity index (χ1) is 17.9. The van der Waals surface area contributed by atoms with E-state index in [4.69, 9.17) is 25.1 Å². The van der Waals surface area contributed by atoms with Crippen molar-refractivity contribution in [3.05, 3.63) is 95.0 Å². The van der Waals surface area contributed by atoms with Gasteiger partial charge in [-0.2, -0.15) is 0 Å². The number of rotatable bonds is 11. The molecule has 0 radical (unpaired) electrons. The Morgan fingerprint density at radius 3 is 2.38 bits per heavy atom. The number of halogens is 1. The molecule has 0 bridgehead atoms. The van der Waals surface area contributed by atoms with Crippen molar-refractivity contribution in [3.8, 4) is 5.75 Å². The average molecular weight is 570 g/mol. The predicted molar refractivity (Wildman–Crippen MR) is 145 cm³/mol. The lowest BCUT2D eigenvalue weighted by Gasteiger charge is -2.24. The molecule has 0 saturated heterocycles. The molecule has 0 fully saturated rings. The monoisotopic (exact) mass is 569 g/mol. The number of aliphatic hydroxyl groups is 1. The first-order valence-electron chi connectivity index (χ1n) is 11.3. The molecule has 0 aliphatic rings. The van der Waals surface area contributed by atoms with Gasteiger partial charge in [-0.05, 0) is 60.2 Å². The second kappa shape index (κ2) is 14.0. The van der Waals surface area contributed by atoms with Gasteiger partial charge in [-0.1, -0.05) is 40.2 Å². The van der Waals surface area contributed by atoms with Crippen LogP contribution in [0.5, 0.6) is 5.75 Å². The van der Waals surface area contributed by atoms with Crippen LogP contribution in [0.25, 0.3) is 0 Å². The second-order valence-corrected chi connectivity index (χ2v) is 8.65. The third kappa shape index (κ3) is 8.64. The van der Waals surface area contributed by atoms with E-state index in [9.17, 15) is 9.59 Å². The van der Waals surface area contributed by atoms with Crippen LogP contribution in [0.15, 0.2) is 89.4 Å². The van der Waals surface area contributed by atoms with Crippen LogP contribution in [-0.2, 0) is 14.3 Å². The molecule has 194 valence electrons. The van der Waals surface area contributed by atoms with Gasteiger partial charge in [0.05, 0.1) is 18.0 Å². The molecule has 0 unspecified atom stereocenters. The van der Waals surface area contributed by atoms with Crippen LogP contribution in [0.1, 0.15) is 11.7 Å². The second-order valence-electron chi connectivity index (χ2n) is 7.73.